The van der Waals surface area contributed by atoms with Gasteiger partial charge in [-0.25, -0.2) is 0 Å². The van der Waals surface area contributed by atoms with E-state index in [2.05, 4.69) is 30.4 Å². The molecule has 16 heavy (non-hydrogen) atoms. The lowest BCUT2D eigenvalue weighted by Crippen LogP contribution is -2.42. The molecule has 2 rings (SSSR count). The van der Waals surface area contributed by atoms with Gasteiger partial charge in [-0.15, -0.1) is 0 Å². The Morgan fingerprint density at radius 2 is 1.88 bits per heavy atom. The molecule has 3 unspecified atom stereocenters. The second-order valence-corrected chi connectivity index (χ2v) is 7.84. The van der Waals surface area contributed by atoms with E-state index in [0.29, 0.717) is 6.04 Å². The summed E-state index contributed by atoms with van der Waals surface area (Å²) >= 11 is 4.30. The third-order valence-electron chi connectivity index (χ3n) is 4.00. The van der Waals surface area contributed by atoms with Gasteiger partial charge in [-0.3, -0.25) is 0 Å². The first-order valence-corrected chi connectivity index (χ1v) is 8.89. The molecule has 0 radical (unpaired) electrons. The summed E-state index contributed by atoms with van der Waals surface area (Å²) in [6, 6.07) is 0.450. The topological polar surface area (TPSA) is 26.0 Å². The molecule has 0 bridgehead atoms. The van der Waals surface area contributed by atoms with Crippen molar-refractivity contribution in [2.24, 2.45) is 11.7 Å². The third kappa shape index (κ3) is 3.33. The van der Waals surface area contributed by atoms with Gasteiger partial charge < -0.3 is 5.73 Å². The zero-order valence-electron chi connectivity index (χ0n) is 10.4. The van der Waals surface area contributed by atoms with Gasteiger partial charge in [-0.2, -0.15) is 23.5 Å². The fraction of sp³-hybridized carbons (Fsp3) is 1.00. The molecule has 0 aromatic rings. The number of hydrogen-bond donors (Lipinski definition) is 1. The lowest BCUT2D eigenvalue weighted by Gasteiger charge is -2.35. The molecular formula is C13H25NS2. The Bertz CT molecular complexity index is 204. The Morgan fingerprint density at radius 3 is 2.56 bits per heavy atom. The van der Waals surface area contributed by atoms with Gasteiger partial charge in [0.05, 0.1) is 0 Å². The van der Waals surface area contributed by atoms with E-state index in [1.54, 1.807) is 0 Å². The van der Waals surface area contributed by atoms with E-state index in [9.17, 15) is 0 Å². The van der Waals surface area contributed by atoms with E-state index in [1.165, 1.54) is 50.0 Å². The summed E-state index contributed by atoms with van der Waals surface area (Å²) in [4.78, 5) is 0. The van der Waals surface area contributed by atoms with Crippen LogP contribution in [0.15, 0.2) is 0 Å². The number of nitrogens with two attached hydrogens (primary N) is 1. The monoisotopic (exact) mass is 259 g/mol. The minimum absolute atomic E-state index is 0.450. The van der Waals surface area contributed by atoms with Crippen LogP contribution in [0.25, 0.3) is 0 Å². The smallest absolute Gasteiger partial charge is 0.0318 e. The maximum Gasteiger partial charge on any atom is 0.0318 e. The van der Waals surface area contributed by atoms with Crippen LogP contribution < -0.4 is 5.73 Å². The van der Waals surface area contributed by atoms with E-state index >= 15 is 0 Å². The van der Waals surface area contributed by atoms with Crippen LogP contribution in [0.1, 0.15) is 45.4 Å². The molecular weight excluding hydrogens is 234 g/mol. The van der Waals surface area contributed by atoms with Crippen molar-refractivity contribution in [3.8, 4) is 0 Å². The molecule has 3 heteroatoms. The van der Waals surface area contributed by atoms with E-state index in [0.717, 1.165) is 16.4 Å². The molecule has 2 N–H and O–H groups in total. The molecule has 1 aliphatic carbocycles. The molecule has 3 atom stereocenters. The van der Waals surface area contributed by atoms with Gasteiger partial charge in [-0.1, -0.05) is 32.6 Å². The van der Waals surface area contributed by atoms with Gasteiger partial charge in [-0.05, 0) is 18.8 Å². The van der Waals surface area contributed by atoms with Crippen LogP contribution in [0.5, 0.6) is 0 Å². The van der Waals surface area contributed by atoms with E-state index in [-0.39, 0.29) is 0 Å². The molecule has 0 aromatic carbocycles. The maximum atomic E-state index is 6.46. The highest BCUT2D eigenvalue weighted by atomic mass is 32.2. The molecule has 0 aromatic heterocycles. The molecule has 1 saturated heterocycles. The Labute approximate surface area is 109 Å². The fourth-order valence-electron chi connectivity index (χ4n) is 3.10. The van der Waals surface area contributed by atoms with Crippen molar-refractivity contribution in [3.05, 3.63) is 0 Å². The Hall–Kier alpha value is 0.660. The summed E-state index contributed by atoms with van der Waals surface area (Å²) in [7, 11) is 0. The van der Waals surface area contributed by atoms with E-state index < -0.39 is 0 Å². The summed E-state index contributed by atoms with van der Waals surface area (Å²) in [5.74, 6) is 3.58. The zero-order chi connectivity index (χ0) is 11.4. The predicted molar refractivity (Wildman–Crippen MR) is 77.3 cm³/mol. The Balaban J connectivity index is 1.83. The molecule has 0 spiro atoms. The van der Waals surface area contributed by atoms with Crippen molar-refractivity contribution in [3.63, 3.8) is 0 Å². The molecule has 0 amide bonds. The number of hydrogen-bond acceptors (Lipinski definition) is 3. The first-order chi connectivity index (χ1) is 7.81. The van der Waals surface area contributed by atoms with Gasteiger partial charge >= 0.3 is 0 Å². The first kappa shape index (κ1) is 13.1. The zero-order valence-corrected chi connectivity index (χ0v) is 12.0. The maximum absolute atomic E-state index is 6.46. The highest BCUT2D eigenvalue weighted by Crippen LogP contribution is 2.37. The van der Waals surface area contributed by atoms with Crippen LogP contribution >= 0.6 is 23.5 Å². The van der Waals surface area contributed by atoms with Crippen molar-refractivity contribution in [2.75, 3.05) is 11.5 Å². The van der Waals surface area contributed by atoms with Gasteiger partial charge in [0.1, 0.15) is 0 Å². The second kappa shape index (κ2) is 6.55. The second-order valence-electron chi connectivity index (χ2n) is 5.20. The van der Waals surface area contributed by atoms with E-state index in [1.807, 2.05) is 0 Å². The normalized spacial score (nSPS) is 34.1. The number of thioether (sulfide) groups is 2. The molecule has 2 aliphatic rings. The fourth-order valence-corrected chi connectivity index (χ4v) is 6.31. The largest absolute Gasteiger partial charge is 0.327 e. The van der Waals surface area contributed by atoms with Crippen molar-refractivity contribution in [1.29, 1.82) is 0 Å². The van der Waals surface area contributed by atoms with Crippen LogP contribution in [0.2, 0.25) is 0 Å². The van der Waals surface area contributed by atoms with Crippen LogP contribution in [0.3, 0.4) is 0 Å². The minimum Gasteiger partial charge on any atom is -0.327 e. The van der Waals surface area contributed by atoms with E-state index in [4.69, 9.17) is 5.73 Å². The summed E-state index contributed by atoms with van der Waals surface area (Å²) < 4.78 is 0. The molecule has 1 nitrogen and oxygen atoms in total. The van der Waals surface area contributed by atoms with Gasteiger partial charge in [0.15, 0.2) is 0 Å². The summed E-state index contributed by atoms with van der Waals surface area (Å²) in [6.07, 6.45) is 8.35. The summed E-state index contributed by atoms with van der Waals surface area (Å²) in [5.41, 5.74) is 6.46. The highest BCUT2D eigenvalue weighted by Gasteiger charge is 2.31. The average molecular weight is 259 g/mol. The first-order valence-electron chi connectivity index (χ1n) is 6.80. The van der Waals surface area contributed by atoms with Crippen LogP contribution in [0.4, 0.5) is 0 Å². The standard InChI is InChI=1S/C13H25NS2/c1-2-12-13(16-8-7-15-12)11(14)9-10-5-3-4-6-10/h10-13H,2-9,14H2,1H3. The lowest BCUT2D eigenvalue weighted by atomic mass is 9.95. The van der Waals surface area contributed by atoms with Crippen LogP contribution in [-0.4, -0.2) is 28.0 Å². The molecule has 2 fully saturated rings. The van der Waals surface area contributed by atoms with Gasteiger partial charge in [0.2, 0.25) is 0 Å². The van der Waals surface area contributed by atoms with Gasteiger partial charge in [0, 0.05) is 28.0 Å². The summed E-state index contributed by atoms with van der Waals surface area (Å²) in [6.45, 7) is 2.32. The van der Waals surface area contributed by atoms with Crippen molar-refractivity contribution in [1.82, 2.24) is 0 Å². The minimum atomic E-state index is 0.450. The van der Waals surface area contributed by atoms with Crippen molar-refractivity contribution < 1.29 is 0 Å². The van der Waals surface area contributed by atoms with Crippen molar-refractivity contribution >= 4 is 23.5 Å². The molecule has 94 valence electrons. The van der Waals surface area contributed by atoms with Crippen molar-refractivity contribution in [2.45, 2.75) is 62.0 Å². The SMILES string of the molecule is CCC1SCCSC1C(N)CC1CCCC1. The highest BCUT2D eigenvalue weighted by molar-refractivity contribution is 8.07. The molecule has 1 saturated carbocycles. The van der Waals surface area contributed by atoms with Crippen LogP contribution in [-0.2, 0) is 0 Å². The average Bonchev–Trinajstić information content (AvgIpc) is 2.81. The molecule has 1 heterocycles. The van der Waals surface area contributed by atoms with Gasteiger partial charge in [0.25, 0.3) is 0 Å². The predicted octanol–water partition coefficient (Wildman–Crippen LogP) is 3.52. The Morgan fingerprint density at radius 1 is 1.19 bits per heavy atom. The quantitative estimate of drug-likeness (QED) is 0.836. The Kier molecular flexibility index (Phi) is 5.37. The third-order valence-corrected chi connectivity index (χ3v) is 7.42. The lowest BCUT2D eigenvalue weighted by molar-refractivity contribution is 0.428. The number of rotatable bonds is 4. The van der Waals surface area contributed by atoms with Crippen LogP contribution in [0, 0.1) is 5.92 Å². The summed E-state index contributed by atoms with van der Waals surface area (Å²) in [5, 5.41) is 1.54. The molecule has 1 aliphatic heterocycles.